The molecular weight excluding hydrogens is 317 g/mol. The molecule has 0 bridgehead atoms. The Morgan fingerprint density at radius 3 is 2.36 bits per heavy atom. The minimum absolute atomic E-state index is 0.0580. The molecule has 2 aromatic rings. The van der Waals surface area contributed by atoms with Gasteiger partial charge in [0.1, 0.15) is 5.75 Å². The van der Waals surface area contributed by atoms with Crippen LogP contribution in [-0.2, 0) is 0 Å². The van der Waals surface area contributed by atoms with Gasteiger partial charge >= 0.3 is 0 Å². The Bertz CT molecular complexity index is 728. The van der Waals surface area contributed by atoms with E-state index in [1.807, 2.05) is 38.1 Å². The van der Waals surface area contributed by atoms with Gasteiger partial charge in [0.25, 0.3) is 0 Å². The molecule has 22 heavy (non-hydrogen) atoms. The number of rotatable bonds is 4. The van der Waals surface area contributed by atoms with Crippen molar-refractivity contribution in [1.82, 2.24) is 0 Å². The number of hydrogen-bond donors (Lipinski definition) is 0. The zero-order valence-electron chi connectivity index (χ0n) is 12.3. The van der Waals surface area contributed by atoms with Crippen molar-refractivity contribution in [1.29, 1.82) is 5.26 Å². The van der Waals surface area contributed by atoms with Gasteiger partial charge in [-0.15, -0.1) is 0 Å². The normalized spacial score (nSPS) is 11.4. The second kappa shape index (κ2) is 7.35. The number of allylic oxidation sites excluding steroid dienone is 1. The zero-order valence-corrected chi connectivity index (χ0v) is 13.8. The maximum atomic E-state index is 9.34. The molecule has 0 heterocycles. The highest BCUT2D eigenvalue weighted by Gasteiger charge is 2.06. The second-order valence-electron chi connectivity index (χ2n) is 5.03. The van der Waals surface area contributed by atoms with Gasteiger partial charge in [0.2, 0.25) is 0 Å². The van der Waals surface area contributed by atoms with Crippen LogP contribution in [0.1, 0.15) is 25.0 Å². The molecule has 0 aliphatic rings. The summed E-state index contributed by atoms with van der Waals surface area (Å²) >= 11 is 12.1. The molecule has 2 nitrogen and oxygen atoms in total. The third-order valence-corrected chi connectivity index (χ3v) is 3.45. The van der Waals surface area contributed by atoms with Gasteiger partial charge in [-0.25, -0.2) is 0 Å². The molecule has 2 rings (SSSR count). The van der Waals surface area contributed by atoms with Crippen molar-refractivity contribution < 1.29 is 4.74 Å². The molecule has 0 unspecified atom stereocenters. The van der Waals surface area contributed by atoms with Crippen LogP contribution in [0.15, 0.2) is 42.5 Å². The topological polar surface area (TPSA) is 33.0 Å². The number of hydrogen-bond acceptors (Lipinski definition) is 2. The maximum Gasteiger partial charge on any atom is 0.138 e. The number of halogens is 2. The third-order valence-electron chi connectivity index (χ3n) is 2.91. The van der Waals surface area contributed by atoms with E-state index in [1.165, 1.54) is 0 Å². The Kier molecular flexibility index (Phi) is 5.49. The molecular formula is C18H15Cl2NO. The summed E-state index contributed by atoms with van der Waals surface area (Å²) in [7, 11) is 0. The average molecular weight is 332 g/mol. The largest absolute Gasteiger partial charge is 0.489 e. The van der Waals surface area contributed by atoms with Crippen molar-refractivity contribution >= 4 is 34.9 Å². The number of ether oxygens (including phenoxy) is 1. The monoisotopic (exact) mass is 331 g/mol. The first-order valence-corrected chi connectivity index (χ1v) is 7.59. The predicted octanol–water partition coefficient (Wildman–Crippen LogP) is 5.84. The van der Waals surface area contributed by atoms with E-state index in [0.717, 1.165) is 11.1 Å². The molecule has 0 fully saturated rings. The quantitative estimate of drug-likeness (QED) is 0.520. The highest BCUT2D eigenvalue weighted by Crippen LogP contribution is 2.28. The first-order valence-electron chi connectivity index (χ1n) is 6.83. The van der Waals surface area contributed by atoms with Crippen LogP contribution >= 0.6 is 23.2 Å². The lowest BCUT2D eigenvalue weighted by molar-refractivity contribution is 0.242. The summed E-state index contributed by atoms with van der Waals surface area (Å²) in [5.41, 5.74) is 2.20. The van der Waals surface area contributed by atoms with E-state index in [0.29, 0.717) is 21.4 Å². The Labute approximate surface area is 140 Å². The van der Waals surface area contributed by atoms with Gasteiger partial charge in [-0.3, -0.25) is 0 Å². The zero-order chi connectivity index (χ0) is 16.1. The molecule has 0 aliphatic carbocycles. The maximum absolute atomic E-state index is 9.34. The van der Waals surface area contributed by atoms with Crippen molar-refractivity contribution in [2.24, 2.45) is 0 Å². The highest BCUT2D eigenvalue weighted by molar-refractivity contribution is 6.32. The van der Waals surface area contributed by atoms with Crippen LogP contribution in [0.25, 0.3) is 11.6 Å². The van der Waals surface area contributed by atoms with Gasteiger partial charge in [-0.05, 0) is 55.3 Å². The minimum atomic E-state index is 0.0580. The smallest absolute Gasteiger partial charge is 0.138 e. The molecule has 0 amide bonds. The summed E-state index contributed by atoms with van der Waals surface area (Å²) in [6.07, 6.45) is 1.84. The lowest BCUT2D eigenvalue weighted by Gasteiger charge is -2.11. The molecule has 4 heteroatoms. The fourth-order valence-electron chi connectivity index (χ4n) is 1.93. The van der Waals surface area contributed by atoms with Crippen LogP contribution in [0.3, 0.4) is 0 Å². The van der Waals surface area contributed by atoms with Crippen LogP contribution in [0.5, 0.6) is 5.75 Å². The second-order valence-corrected chi connectivity index (χ2v) is 5.88. The van der Waals surface area contributed by atoms with E-state index >= 15 is 0 Å². The molecule has 0 aliphatic heterocycles. The lowest BCUT2D eigenvalue weighted by atomic mass is 10.0. The van der Waals surface area contributed by atoms with Crippen molar-refractivity contribution in [2.45, 2.75) is 20.0 Å². The molecule has 0 radical (unpaired) electrons. The molecule has 0 saturated heterocycles. The summed E-state index contributed by atoms with van der Waals surface area (Å²) in [4.78, 5) is 0. The lowest BCUT2D eigenvalue weighted by Crippen LogP contribution is -2.05. The van der Waals surface area contributed by atoms with Gasteiger partial charge in [0.15, 0.2) is 0 Å². The van der Waals surface area contributed by atoms with Gasteiger partial charge in [0, 0.05) is 5.02 Å². The fourth-order valence-corrected chi connectivity index (χ4v) is 2.29. The standard InChI is InChI=1S/C18H15Cl2NO/c1-12(2)22-18-8-3-13(10-17(18)20)9-15(11-21)14-4-6-16(19)7-5-14/h3-10,12H,1-2H3/b15-9+. The SMILES string of the molecule is CC(C)Oc1ccc(/C=C(\C#N)c2ccc(Cl)cc2)cc1Cl. The van der Waals surface area contributed by atoms with E-state index in [9.17, 15) is 5.26 Å². The van der Waals surface area contributed by atoms with Gasteiger partial charge in [0.05, 0.1) is 22.8 Å². The number of benzene rings is 2. The third kappa shape index (κ3) is 4.27. The molecule has 0 aromatic heterocycles. The molecule has 0 atom stereocenters. The van der Waals surface area contributed by atoms with Crippen molar-refractivity contribution in [3.63, 3.8) is 0 Å². The fraction of sp³-hybridized carbons (Fsp3) is 0.167. The molecule has 0 N–H and O–H groups in total. The Balaban J connectivity index is 2.32. The number of nitrogens with zero attached hydrogens (tertiary/aromatic N) is 1. The highest BCUT2D eigenvalue weighted by atomic mass is 35.5. The van der Waals surface area contributed by atoms with Crippen molar-refractivity contribution in [3.05, 3.63) is 63.6 Å². The summed E-state index contributed by atoms with van der Waals surface area (Å²) in [6, 6.07) is 14.8. The van der Waals surface area contributed by atoms with Gasteiger partial charge in [-0.2, -0.15) is 5.26 Å². The van der Waals surface area contributed by atoms with E-state index in [-0.39, 0.29) is 6.10 Å². The minimum Gasteiger partial charge on any atom is -0.489 e. The van der Waals surface area contributed by atoms with Crippen molar-refractivity contribution in [2.75, 3.05) is 0 Å². The summed E-state index contributed by atoms with van der Waals surface area (Å²) in [5.74, 6) is 0.638. The average Bonchev–Trinajstić information content (AvgIpc) is 2.48. The number of nitriles is 1. The van der Waals surface area contributed by atoms with Crippen LogP contribution < -0.4 is 4.74 Å². The van der Waals surface area contributed by atoms with Crippen LogP contribution in [0, 0.1) is 11.3 Å². The Morgan fingerprint density at radius 1 is 1.14 bits per heavy atom. The summed E-state index contributed by atoms with van der Waals surface area (Å²) in [5, 5.41) is 10.5. The van der Waals surface area contributed by atoms with Crippen LogP contribution in [-0.4, -0.2) is 6.10 Å². The summed E-state index contributed by atoms with van der Waals surface area (Å²) in [6.45, 7) is 3.89. The molecule has 2 aromatic carbocycles. The Hall–Kier alpha value is -1.95. The van der Waals surface area contributed by atoms with E-state index in [4.69, 9.17) is 27.9 Å². The van der Waals surface area contributed by atoms with Crippen LogP contribution in [0.4, 0.5) is 0 Å². The Morgan fingerprint density at radius 2 is 1.82 bits per heavy atom. The van der Waals surface area contributed by atoms with Crippen LogP contribution in [0.2, 0.25) is 10.0 Å². The first-order chi connectivity index (χ1) is 10.5. The van der Waals surface area contributed by atoms with Gasteiger partial charge in [-0.1, -0.05) is 41.4 Å². The van der Waals surface area contributed by atoms with E-state index < -0.39 is 0 Å². The molecule has 0 spiro atoms. The molecule has 0 saturated carbocycles. The van der Waals surface area contributed by atoms with Gasteiger partial charge < -0.3 is 4.74 Å². The first kappa shape index (κ1) is 16.4. The predicted molar refractivity (Wildman–Crippen MR) is 92.2 cm³/mol. The van der Waals surface area contributed by atoms with Crippen molar-refractivity contribution in [3.8, 4) is 11.8 Å². The van der Waals surface area contributed by atoms with E-state index in [2.05, 4.69) is 6.07 Å². The summed E-state index contributed by atoms with van der Waals surface area (Å²) < 4.78 is 5.60. The van der Waals surface area contributed by atoms with E-state index in [1.54, 1.807) is 24.3 Å². The molecule has 112 valence electrons.